The fraction of sp³-hybridized carbons (Fsp3) is 0.0833. The lowest BCUT2D eigenvalue weighted by Crippen LogP contribution is -2.27. The highest BCUT2D eigenvalue weighted by Crippen LogP contribution is 2.42. The van der Waals surface area contributed by atoms with Gasteiger partial charge in [0, 0.05) is 5.02 Å². The molecule has 168 valence electrons. The van der Waals surface area contributed by atoms with Crippen molar-refractivity contribution in [3.63, 3.8) is 0 Å². The lowest BCUT2D eigenvalue weighted by atomic mass is 10.1. The summed E-state index contributed by atoms with van der Waals surface area (Å²) in [5, 5.41) is 0.834. The molecule has 1 amide bonds. The Hall–Kier alpha value is -2.03. The summed E-state index contributed by atoms with van der Waals surface area (Å²) in [7, 11) is 1.57. The monoisotopic (exact) mass is 579 g/mol. The molecule has 1 saturated heterocycles. The minimum absolute atomic E-state index is 0.256. The summed E-state index contributed by atoms with van der Waals surface area (Å²) in [5.74, 6) is 0.871. The van der Waals surface area contributed by atoms with Gasteiger partial charge < -0.3 is 9.47 Å². The zero-order valence-corrected chi connectivity index (χ0v) is 21.9. The number of carbonyl (C=O) groups excluding carboxylic acids is 1. The van der Waals surface area contributed by atoms with E-state index in [4.69, 9.17) is 44.9 Å². The second-order valence-corrected chi connectivity index (χ2v) is 10.3. The van der Waals surface area contributed by atoms with Crippen LogP contribution in [0.4, 0.5) is 5.69 Å². The number of halogens is 3. The Bertz CT molecular complexity index is 1270. The maximum atomic E-state index is 13.1. The Morgan fingerprint density at radius 2 is 1.88 bits per heavy atom. The highest BCUT2D eigenvalue weighted by molar-refractivity contribution is 9.10. The predicted octanol–water partition coefficient (Wildman–Crippen LogP) is 7.75. The van der Waals surface area contributed by atoms with Gasteiger partial charge in [0.15, 0.2) is 15.8 Å². The van der Waals surface area contributed by atoms with Gasteiger partial charge in [-0.05, 0) is 63.5 Å². The summed E-state index contributed by atoms with van der Waals surface area (Å²) in [5.41, 5.74) is 2.30. The van der Waals surface area contributed by atoms with E-state index in [1.165, 1.54) is 16.7 Å². The highest BCUT2D eigenvalue weighted by Gasteiger charge is 2.34. The standard InChI is InChI=1S/C24H16BrCl2NO3S2/c1-30-20-10-15(9-17(25)22(20)31-13-14-5-3-2-4-6-14)11-21-23(29)28(24(32)33-21)19-8-7-16(26)12-18(19)27/h2-12H,13H2,1H3/b21-11-. The molecule has 9 heteroatoms. The van der Waals surface area contributed by atoms with E-state index in [0.29, 0.717) is 47.5 Å². The van der Waals surface area contributed by atoms with E-state index in [2.05, 4.69) is 15.9 Å². The Balaban J connectivity index is 1.60. The van der Waals surface area contributed by atoms with Gasteiger partial charge in [0.25, 0.3) is 5.91 Å². The first-order valence-electron chi connectivity index (χ1n) is 9.64. The van der Waals surface area contributed by atoms with Crippen LogP contribution in [0.3, 0.4) is 0 Å². The number of thioether (sulfide) groups is 1. The van der Waals surface area contributed by atoms with Gasteiger partial charge in [0.05, 0.1) is 27.2 Å². The average Bonchev–Trinajstić information content (AvgIpc) is 3.06. The quantitative estimate of drug-likeness (QED) is 0.220. The van der Waals surface area contributed by atoms with Gasteiger partial charge in [0.1, 0.15) is 6.61 Å². The molecule has 3 aromatic carbocycles. The molecule has 0 unspecified atom stereocenters. The Labute approximate surface area is 219 Å². The number of anilines is 1. The third-order valence-corrected chi connectivity index (χ3v) is 7.15. The number of rotatable bonds is 6. The Morgan fingerprint density at radius 1 is 1.12 bits per heavy atom. The SMILES string of the molecule is COc1cc(/C=C2\SC(=S)N(c3ccc(Cl)cc3Cl)C2=O)cc(Br)c1OCc1ccccc1. The number of benzene rings is 3. The van der Waals surface area contributed by atoms with E-state index in [1.807, 2.05) is 42.5 Å². The number of amides is 1. The lowest BCUT2D eigenvalue weighted by molar-refractivity contribution is -0.113. The van der Waals surface area contributed by atoms with Crippen LogP contribution in [-0.2, 0) is 11.4 Å². The fourth-order valence-corrected chi connectivity index (χ4v) is 5.53. The van der Waals surface area contributed by atoms with Gasteiger partial charge in [-0.3, -0.25) is 9.69 Å². The van der Waals surface area contributed by atoms with Crippen molar-refractivity contribution in [3.05, 3.63) is 91.2 Å². The molecular formula is C24H16BrCl2NO3S2. The normalized spacial score (nSPS) is 14.8. The van der Waals surface area contributed by atoms with E-state index >= 15 is 0 Å². The van der Waals surface area contributed by atoms with Crippen LogP contribution < -0.4 is 14.4 Å². The minimum atomic E-state index is -0.256. The van der Waals surface area contributed by atoms with Gasteiger partial charge >= 0.3 is 0 Å². The first-order chi connectivity index (χ1) is 15.9. The first kappa shape index (κ1) is 24.1. The molecule has 4 nitrogen and oxygen atoms in total. The number of hydrogen-bond acceptors (Lipinski definition) is 5. The molecule has 1 aliphatic heterocycles. The van der Waals surface area contributed by atoms with Crippen LogP contribution >= 0.6 is 63.1 Å². The van der Waals surface area contributed by atoms with Gasteiger partial charge in [0.2, 0.25) is 0 Å². The molecule has 0 atom stereocenters. The maximum absolute atomic E-state index is 13.1. The molecule has 1 heterocycles. The van der Waals surface area contributed by atoms with Crippen molar-refractivity contribution in [2.24, 2.45) is 0 Å². The number of thiocarbonyl (C=S) groups is 1. The smallest absolute Gasteiger partial charge is 0.270 e. The van der Waals surface area contributed by atoms with Crippen LogP contribution in [0.25, 0.3) is 6.08 Å². The maximum Gasteiger partial charge on any atom is 0.270 e. The second-order valence-electron chi connectivity index (χ2n) is 6.92. The van der Waals surface area contributed by atoms with Crippen LogP contribution in [0, 0.1) is 0 Å². The summed E-state index contributed by atoms with van der Waals surface area (Å²) >= 11 is 22.5. The van der Waals surface area contributed by atoms with E-state index in [9.17, 15) is 4.79 Å². The average molecular weight is 581 g/mol. The Morgan fingerprint density at radius 3 is 2.58 bits per heavy atom. The van der Waals surface area contributed by atoms with Gasteiger partial charge in [-0.2, -0.15) is 0 Å². The summed E-state index contributed by atoms with van der Waals surface area (Å²) in [6, 6.07) is 18.5. The van der Waals surface area contributed by atoms with Crippen LogP contribution in [0.5, 0.6) is 11.5 Å². The fourth-order valence-electron chi connectivity index (χ4n) is 3.18. The van der Waals surface area contributed by atoms with Gasteiger partial charge in [-0.25, -0.2) is 0 Å². The molecule has 1 fully saturated rings. The molecule has 1 aliphatic rings. The lowest BCUT2D eigenvalue weighted by Gasteiger charge is -2.16. The van der Waals surface area contributed by atoms with E-state index < -0.39 is 0 Å². The van der Waals surface area contributed by atoms with Crippen molar-refractivity contribution in [3.8, 4) is 11.5 Å². The molecular weight excluding hydrogens is 565 g/mol. The van der Waals surface area contributed by atoms with Crippen molar-refractivity contribution < 1.29 is 14.3 Å². The number of methoxy groups -OCH3 is 1. The Kier molecular flexibility index (Phi) is 7.66. The van der Waals surface area contributed by atoms with Crippen molar-refractivity contribution in [2.75, 3.05) is 12.0 Å². The van der Waals surface area contributed by atoms with Crippen LogP contribution in [-0.4, -0.2) is 17.3 Å². The summed E-state index contributed by atoms with van der Waals surface area (Å²) in [6.45, 7) is 0.398. The van der Waals surface area contributed by atoms with Crippen molar-refractivity contribution >= 4 is 85.1 Å². The molecule has 3 aromatic rings. The first-order valence-corrected chi connectivity index (χ1v) is 12.4. The molecule has 0 spiro atoms. The largest absolute Gasteiger partial charge is 0.493 e. The molecule has 4 rings (SSSR count). The molecule has 33 heavy (non-hydrogen) atoms. The zero-order chi connectivity index (χ0) is 23.5. The summed E-state index contributed by atoms with van der Waals surface area (Å²) in [4.78, 5) is 15.0. The van der Waals surface area contributed by atoms with Crippen LogP contribution in [0.1, 0.15) is 11.1 Å². The van der Waals surface area contributed by atoms with Crippen molar-refractivity contribution in [1.82, 2.24) is 0 Å². The van der Waals surface area contributed by atoms with Crippen LogP contribution in [0.2, 0.25) is 10.0 Å². The third-order valence-electron chi connectivity index (χ3n) is 4.72. The molecule has 0 aromatic heterocycles. The van der Waals surface area contributed by atoms with Crippen molar-refractivity contribution in [2.45, 2.75) is 6.61 Å². The second kappa shape index (κ2) is 10.5. The van der Waals surface area contributed by atoms with Gasteiger partial charge in [-0.1, -0.05) is 77.5 Å². The number of nitrogens with zero attached hydrogens (tertiary/aromatic N) is 1. The molecule has 0 bridgehead atoms. The molecule has 0 N–H and O–H groups in total. The molecule has 0 radical (unpaired) electrons. The van der Waals surface area contributed by atoms with Crippen molar-refractivity contribution in [1.29, 1.82) is 0 Å². The highest BCUT2D eigenvalue weighted by atomic mass is 79.9. The van der Waals surface area contributed by atoms with Gasteiger partial charge in [-0.15, -0.1) is 0 Å². The number of carbonyl (C=O) groups is 1. The third kappa shape index (κ3) is 5.39. The van der Waals surface area contributed by atoms with E-state index in [-0.39, 0.29) is 5.91 Å². The molecule has 0 aliphatic carbocycles. The van der Waals surface area contributed by atoms with E-state index in [0.717, 1.165) is 11.1 Å². The molecule has 0 saturated carbocycles. The number of ether oxygens (including phenoxy) is 2. The van der Waals surface area contributed by atoms with Crippen LogP contribution in [0.15, 0.2) is 70.0 Å². The summed E-state index contributed by atoms with van der Waals surface area (Å²) < 4.78 is 12.6. The topological polar surface area (TPSA) is 38.8 Å². The zero-order valence-electron chi connectivity index (χ0n) is 17.2. The number of hydrogen-bond donors (Lipinski definition) is 0. The predicted molar refractivity (Wildman–Crippen MR) is 144 cm³/mol. The summed E-state index contributed by atoms with van der Waals surface area (Å²) in [6.07, 6.45) is 1.76. The van der Waals surface area contributed by atoms with E-state index in [1.54, 1.807) is 31.4 Å². The minimum Gasteiger partial charge on any atom is -0.493 e.